The van der Waals surface area contributed by atoms with E-state index < -0.39 is 0 Å². The lowest BCUT2D eigenvalue weighted by Gasteiger charge is -2.13. The van der Waals surface area contributed by atoms with Gasteiger partial charge in [-0.2, -0.15) is 0 Å². The van der Waals surface area contributed by atoms with Gasteiger partial charge in [-0.05, 0) is 32.0 Å². The van der Waals surface area contributed by atoms with Crippen LogP contribution in [0.5, 0.6) is 0 Å². The smallest absolute Gasteiger partial charge is 0.128 e. The summed E-state index contributed by atoms with van der Waals surface area (Å²) in [6, 6.07) is 4.52. The molecule has 0 aliphatic heterocycles. The zero-order chi connectivity index (χ0) is 13.5. The quantitative estimate of drug-likeness (QED) is 0.773. The van der Waals surface area contributed by atoms with Crippen LogP contribution in [-0.2, 0) is 16.1 Å². The molecule has 0 radical (unpaired) electrons. The predicted molar refractivity (Wildman–Crippen MR) is 73.0 cm³/mol. The Bertz CT molecular complexity index is 412. The van der Waals surface area contributed by atoms with Crippen molar-refractivity contribution in [1.29, 1.82) is 0 Å². The number of rotatable bonds is 7. The first kappa shape index (κ1) is 15.0. The van der Waals surface area contributed by atoms with Gasteiger partial charge < -0.3 is 15.2 Å². The van der Waals surface area contributed by atoms with E-state index in [9.17, 15) is 4.39 Å². The molecule has 5 heteroatoms. The summed E-state index contributed by atoms with van der Waals surface area (Å²) in [5, 5.41) is 0. The van der Waals surface area contributed by atoms with Crippen molar-refractivity contribution in [1.82, 2.24) is 0 Å². The van der Waals surface area contributed by atoms with E-state index in [4.69, 9.17) is 27.4 Å². The third-order valence-corrected chi connectivity index (χ3v) is 2.65. The molecule has 0 aliphatic carbocycles. The van der Waals surface area contributed by atoms with E-state index in [1.54, 1.807) is 12.1 Å². The van der Waals surface area contributed by atoms with Gasteiger partial charge in [0, 0.05) is 17.7 Å². The van der Waals surface area contributed by atoms with Gasteiger partial charge in [-0.25, -0.2) is 4.39 Å². The Morgan fingerprint density at radius 3 is 2.83 bits per heavy atom. The van der Waals surface area contributed by atoms with E-state index in [0.717, 1.165) is 0 Å². The number of nitrogens with two attached hydrogens (primary N) is 1. The van der Waals surface area contributed by atoms with E-state index >= 15 is 0 Å². The van der Waals surface area contributed by atoms with Crippen LogP contribution >= 0.6 is 12.2 Å². The summed E-state index contributed by atoms with van der Waals surface area (Å²) in [7, 11) is 0. The molecule has 0 heterocycles. The average molecular weight is 271 g/mol. The number of thiocarbonyl (C=S) groups is 1. The first-order valence-electron chi connectivity index (χ1n) is 5.82. The summed E-state index contributed by atoms with van der Waals surface area (Å²) >= 11 is 4.85. The summed E-state index contributed by atoms with van der Waals surface area (Å²) in [4.78, 5) is 0.249. The van der Waals surface area contributed by atoms with Gasteiger partial charge in [0.25, 0.3) is 0 Å². The molecule has 1 rings (SSSR count). The van der Waals surface area contributed by atoms with Gasteiger partial charge in [-0.3, -0.25) is 0 Å². The SMILES string of the molecule is CCOCC(C)OCc1cc(C(N)=S)ccc1F. The summed E-state index contributed by atoms with van der Waals surface area (Å²) in [6.07, 6.45) is -0.0853. The van der Waals surface area contributed by atoms with Gasteiger partial charge in [0.05, 0.1) is 19.3 Å². The zero-order valence-electron chi connectivity index (χ0n) is 10.6. The second-order valence-electron chi connectivity index (χ2n) is 3.95. The molecular formula is C13H18FNO2S. The first-order chi connectivity index (χ1) is 8.54. The van der Waals surface area contributed by atoms with Crippen molar-refractivity contribution in [2.24, 2.45) is 5.73 Å². The normalized spacial score (nSPS) is 12.4. The molecule has 100 valence electrons. The van der Waals surface area contributed by atoms with Crippen molar-refractivity contribution in [2.75, 3.05) is 13.2 Å². The molecule has 1 aromatic carbocycles. The summed E-state index contributed by atoms with van der Waals surface area (Å²) < 4.78 is 24.3. The minimum Gasteiger partial charge on any atom is -0.389 e. The molecule has 3 nitrogen and oxygen atoms in total. The van der Waals surface area contributed by atoms with Crippen LogP contribution in [0.4, 0.5) is 4.39 Å². The minimum absolute atomic E-state index is 0.0853. The first-order valence-corrected chi connectivity index (χ1v) is 6.23. The third-order valence-electron chi connectivity index (χ3n) is 2.41. The van der Waals surface area contributed by atoms with Crippen molar-refractivity contribution in [3.05, 3.63) is 35.1 Å². The Labute approximate surface area is 112 Å². The van der Waals surface area contributed by atoms with E-state index in [1.165, 1.54) is 6.07 Å². The topological polar surface area (TPSA) is 44.5 Å². The lowest BCUT2D eigenvalue weighted by Crippen LogP contribution is -2.16. The van der Waals surface area contributed by atoms with Crippen LogP contribution < -0.4 is 5.73 Å². The largest absolute Gasteiger partial charge is 0.389 e. The van der Waals surface area contributed by atoms with Crippen LogP contribution in [0.2, 0.25) is 0 Å². The van der Waals surface area contributed by atoms with Crippen molar-refractivity contribution in [3.63, 3.8) is 0 Å². The molecule has 0 amide bonds. The van der Waals surface area contributed by atoms with Gasteiger partial charge in [0.1, 0.15) is 10.8 Å². The van der Waals surface area contributed by atoms with Gasteiger partial charge in [0.2, 0.25) is 0 Å². The molecule has 0 bridgehead atoms. The molecule has 0 fully saturated rings. The molecule has 0 saturated carbocycles. The maximum atomic E-state index is 13.5. The summed E-state index contributed by atoms with van der Waals surface area (Å²) in [5.41, 5.74) is 6.59. The highest BCUT2D eigenvalue weighted by molar-refractivity contribution is 7.80. The number of hydrogen-bond donors (Lipinski definition) is 1. The molecule has 2 N–H and O–H groups in total. The highest BCUT2D eigenvalue weighted by Crippen LogP contribution is 2.13. The van der Waals surface area contributed by atoms with E-state index in [-0.39, 0.29) is 23.5 Å². The fourth-order valence-corrected chi connectivity index (χ4v) is 1.53. The average Bonchev–Trinajstić information content (AvgIpc) is 2.35. The monoisotopic (exact) mass is 271 g/mol. The zero-order valence-corrected chi connectivity index (χ0v) is 11.4. The second-order valence-corrected chi connectivity index (χ2v) is 4.39. The van der Waals surface area contributed by atoms with E-state index in [1.807, 2.05) is 13.8 Å². The lowest BCUT2D eigenvalue weighted by atomic mass is 10.1. The van der Waals surface area contributed by atoms with Crippen LogP contribution in [0.15, 0.2) is 18.2 Å². The van der Waals surface area contributed by atoms with Gasteiger partial charge in [-0.1, -0.05) is 12.2 Å². The maximum absolute atomic E-state index is 13.5. The molecule has 1 aromatic rings. The fraction of sp³-hybridized carbons (Fsp3) is 0.462. The van der Waals surface area contributed by atoms with Crippen LogP contribution in [-0.4, -0.2) is 24.3 Å². The number of hydrogen-bond acceptors (Lipinski definition) is 3. The number of halogens is 1. The molecule has 0 saturated heterocycles. The Balaban J connectivity index is 2.60. The van der Waals surface area contributed by atoms with Crippen molar-refractivity contribution < 1.29 is 13.9 Å². The standard InChI is InChI=1S/C13H18FNO2S/c1-3-16-7-9(2)17-8-11-6-10(13(15)18)4-5-12(11)14/h4-6,9H,3,7-8H2,1-2H3,(H2,15,18). The number of benzene rings is 1. The van der Waals surface area contributed by atoms with Crippen LogP contribution in [0.3, 0.4) is 0 Å². The van der Waals surface area contributed by atoms with Gasteiger partial charge in [0.15, 0.2) is 0 Å². The Morgan fingerprint density at radius 1 is 1.50 bits per heavy atom. The Morgan fingerprint density at radius 2 is 2.22 bits per heavy atom. The Hall–Kier alpha value is -1.04. The fourth-order valence-electron chi connectivity index (χ4n) is 1.40. The van der Waals surface area contributed by atoms with Crippen LogP contribution in [0.25, 0.3) is 0 Å². The van der Waals surface area contributed by atoms with Gasteiger partial charge in [-0.15, -0.1) is 0 Å². The summed E-state index contributed by atoms with van der Waals surface area (Å²) in [6.45, 7) is 5.10. The van der Waals surface area contributed by atoms with Crippen molar-refractivity contribution in [2.45, 2.75) is 26.6 Å². The van der Waals surface area contributed by atoms with Crippen molar-refractivity contribution in [3.8, 4) is 0 Å². The van der Waals surface area contributed by atoms with Crippen molar-refractivity contribution >= 4 is 17.2 Å². The molecule has 1 unspecified atom stereocenters. The highest BCUT2D eigenvalue weighted by atomic mass is 32.1. The maximum Gasteiger partial charge on any atom is 0.128 e. The molecule has 18 heavy (non-hydrogen) atoms. The van der Waals surface area contributed by atoms with Crippen LogP contribution in [0, 0.1) is 5.82 Å². The second kappa shape index (κ2) is 7.41. The van der Waals surface area contributed by atoms with E-state index in [0.29, 0.717) is 24.3 Å². The minimum atomic E-state index is -0.321. The van der Waals surface area contributed by atoms with Gasteiger partial charge >= 0.3 is 0 Å². The third kappa shape index (κ3) is 4.68. The lowest BCUT2D eigenvalue weighted by molar-refractivity contribution is -0.0125. The molecule has 1 atom stereocenters. The molecule has 0 aromatic heterocycles. The highest BCUT2D eigenvalue weighted by Gasteiger charge is 2.08. The van der Waals surface area contributed by atoms with Crippen LogP contribution in [0.1, 0.15) is 25.0 Å². The molecular weight excluding hydrogens is 253 g/mol. The Kier molecular flexibility index (Phi) is 6.18. The molecule has 0 aliphatic rings. The predicted octanol–water partition coefficient (Wildman–Crippen LogP) is 2.40. The number of ether oxygens (including phenoxy) is 2. The summed E-state index contributed by atoms with van der Waals surface area (Å²) in [5.74, 6) is -0.321. The molecule has 0 spiro atoms. The van der Waals surface area contributed by atoms with E-state index in [2.05, 4.69) is 0 Å².